The summed E-state index contributed by atoms with van der Waals surface area (Å²) in [7, 11) is 0. The highest BCUT2D eigenvalue weighted by molar-refractivity contribution is 5.81. The third-order valence-corrected chi connectivity index (χ3v) is 5.03. The number of aliphatic hydroxyl groups is 3. The fourth-order valence-electron chi connectivity index (χ4n) is 3.82. The van der Waals surface area contributed by atoms with E-state index in [9.17, 15) is 15.3 Å². The molecule has 8 heteroatoms. The average molecular weight is 321 g/mol. The highest BCUT2D eigenvalue weighted by atomic mass is 16.3. The fraction of sp³-hybridized carbons (Fsp3) is 0.667. The molecule has 5 atom stereocenters. The second-order valence-corrected chi connectivity index (χ2v) is 6.11. The SMILES string of the molecule is CC.Cc1nc(N)c2ncn(C3C(O)C(O)C4(CO)CC34)c2n1. The molecule has 2 aliphatic carbocycles. The summed E-state index contributed by atoms with van der Waals surface area (Å²) in [6.45, 7) is 5.61. The summed E-state index contributed by atoms with van der Waals surface area (Å²) in [6.07, 6.45) is 0.368. The van der Waals surface area contributed by atoms with E-state index < -0.39 is 17.6 Å². The minimum absolute atomic E-state index is 0.0152. The minimum atomic E-state index is -0.954. The van der Waals surface area contributed by atoms with Gasteiger partial charge in [-0.05, 0) is 19.3 Å². The number of fused-ring (bicyclic) bond motifs is 2. The molecule has 2 saturated carbocycles. The Balaban J connectivity index is 0.000000753. The lowest BCUT2D eigenvalue weighted by molar-refractivity contribution is -0.0300. The number of nitrogens with zero attached hydrogens (tertiary/aromatic N) is 4. The van der Waals surface area contributed by atoms with Crippen LogP contribution in [-0.4, -0.2) is 53.7 Å². The molecule has 8 nitrogen and oxygen atoms in total. The zero-order valence-electron chi connectivity index (χ0n) is 13.5. The van der Waals surface area contributed by atoms with Crippen molar-refractivity contribution in [3.05, 3.63) is 12.2 Å². The number of aryl methyl sites for hydroxylation is 1. The molecule has 0 saturated heterocycles. The number of nitrogens with two attached hydrogens (primary N) is 1. The first-order valence-corrected chi connectivity index (χ1v) is 7.93. The molecule has 2 aromatic heterocycles. The largest absolute Gasteiger partial charge is 0.396 e. The molecule has 4 rings (SSSR count). The summed E-state index contributed by atoms with van der Waals surface area (Å²) in [4.78, 5) is 12.7. The molecule has 126 valence electrons. The molecule has 0 spiro atoms. The smallest absolute Gasteiger partial charge is 0.166 e. The molecule has 0 amide bonds. The third kappa shape index (κ3) is 2.05. The molecule has 5 N–H and O–H groups in total. The number of aromatic nitrogens is 4. The van der Waals surface area contributed by atoms with Gasteiger partial charge in [0.1, 0.15) is 17.4 Å². The Morgan fingerprint density at radius 3 is 2.65 bits per heavy atom. The molecule has 5 unspecified atom stereocenters. The molecule has 2 aromatic rings. The van der Waals surface area contributed by atoms with Crippen molar-refractivity contribution in [1.82, 2.24) is 19.5 Å². The van der Waals surface area contributed by atoms with E-state index in [1.165, 1.54) is 0 Å². The van der Waals surface area contributed by atoms with Gasteiger partial charge in [0.05, 0.1) is 25.1 Å². The summed E-state index contributed by atoms with van der Waals surface area (Å²) < 4.78 is 1.75. The van der Waals surface area contributed by atoms with Crippen LogP contribution in [0.5, 0.6) is 0 Å². The van der Waals surface area contributed by atoms with E-state index in [4.69, 9.17) is 5.73 Å². The maximum atomic E-state index is 10.3. The monoisotopic (exact) mass is 321 g/mol. The molecule has 2 fully saturated rings. The number of hydrogen-bond acceptors (Lipinski definition) is 7. The van der Waals surface area contributed by atoms with Crippen LogP contribution in [0.3, 0.4) is 0 Å². The average Bonchev–Trinajstić information content (AvgIpc) is 3.06. The first-order valence-electron chi connectivity index (χ1n) is 7.93. The van der Waals surface area contributed by atoms with Crippen LogP contribution < -0.4 is 5.73 Å². The van der Waals surface area contributed by atoms with Crippen molar-refractivity contribution in [3.8, 4) is 0 Å². The van der Waals surface area contributed by atoms with Crippen molar-refractivity contribution in [1.29, 1.82) is 0 Å². The van der Waals surface area contributed by atoms with Gasteiger partial charge < -0.3 is 25.6 Å². The topological polar surface area (TPSA) is 130 Å². The van der Waals surface area contributed by atoms with Crippen LogP contribution in [0, 0.1) is 18.3 Å². The lowest BCUT2D eigenvalue weighted by atomic mass is 10.0. The Hall–Kier alpha value is -1.77. The zero-order chi connectivity index (χ0) is 16.9. The van der Waals surface area contributed by atoms with Crippen LogP contribution in [0.1, 0.15) is 32.1 Å². The number of rotatable bonds is 2. The molecule has 2 heterocycles. The molecular formula is C15H23N5O3. The number of anilines is 1. The molecule has 0 aliphatic heterocycles. The zero-order valence-corrected chi connectivity index (χ0v) is 13.5. The van der Waals surface area contributed by atoms with Crippen molar-refractivity contribution in [2.75, 3.05) is 12.3 Å². The van der Waals surface area contributed by atoms with Gasteiger partial charge in [-0.25, -0.2) is 15.0 Å². The van der Waals surface area contributed by atoms with Crippen molar-refractivity contribution in [2.45, 2.75) is 45.4 Å². The summed E-state index contributed by atoms with van der Waals surface area (Å²) >= 11 is 0. The Kier molecular flexibility index (Phi) is 3.78. The van der Waals surface area contributed by atoms with Gasteiger partial charge >= 0.3 is 0 Å². The van der Waals surface area contributed by atoms with E-state index in [2.05, 4.69) is 15.0 Å². The van der Waals surface area contributed by atoms with Gasteiger partial charge in [-0.15, -0.1) is 0 Å². The van der Waals surface area contributed by atoms with E-state index in [0.717, 1.165) is 0 Å². The molecule has 0 radical (unpaired) electrons. The van der Waals surface area contributed by atoms with Crippen LogP contribution in [-0.2, 0) is 0 Å². The molecule has 0 bridgehead atoms. The van der Waals surface area contributed by atoms with Crippen molar-refractivity contribution in [3.63, 3.8) is 0 Å². The molecular weight excluding hydrogens is 298 g/mol. The number of hydrogen-bond donors (Lipinski definition) is 4. The quantitative estimate of drug-likeness (QED) is 0.613. The van der Waals surface area contributed by atoms with Gasteiger partial charge in [0.25, 0.3) is 0 Å². The Labute approximate surface area is 134 Å². The van der Waals surface area contributed by atoms with Gasteiger partial charge in [0, 0.05) is 5.41 Å². The third-order valence-electron chi connectivity index (χ3n) is 5.03. The maximum absolute atomic E-state index is 10.3. The summed E-state index contributed by atoms with van der Waals surface area (Å²) in [5.74, 6) is 0.842. The first kappa shape index (κ1) is 16.1. The lowest BCUT2D eigenvalue weighted by Crippen LogP contribution is -2.35. The highest BCUT2D eigenvalue weighted by Crippen LogP contribution is 2.67. The second-order valence-electron chi connectivity index (χ2n) is 6.11. The van der Waals surface area contributed by atoms with Crippen molar-refractivity contribution >= 4 is 17.0 Å². The van der Waals surface area contributed by atoms with Crippen LogP contribution in [0.4, 0.5) is 5.82 Å². The maximum Gasteiger partial charge on any atom is 0.166 e. The predicted octanol–water partition coefficient (Wildman–Crippen LogP) is 0.0182. The van der Waals surface area contributed by atoms with E-state index in [1.54, 1.807) is 17.8 Å². The van der Waals surface area contributed by atoms with Gasteiger partial charge in [-0.2, -0.15) is 0 Å². The normalized spacial score (nSPS) is 34.9. The van der Waals surface area contributed by atoms with Gasteiger partial charge in [0.2, 0.25) is 0 Å². The van der Waals surface area contributed by atoms with Crippen LogP contribution in [0.2, 0.25) is 0 Å². The van der Waals surface area contributed by atoms with Crippen LogP contribution in [0.25, 0.3) is 11.2 Å². The Morgan fingerprint density at radius 1 is 1.35 bits per heavy atom. The van der Waals surface area contributed by atoms with E-state index >= 15 is 0 Å². The molecule has 2 aliphatic rings. The predicted molar refractivity (Wildman–Crippen MR) is 84.5 cm³/mol. The van der Waals surface area contributed by atoms with Crippen molar-refractivity contribution in [2.24, 2.45) is 11.3 Å². The Morgan fingerprint density at radius 2 is 2.04 bits per heavy atom. The summed E-state index contributed by atoms with van der Waals surface area (Å²) in [5.41, 5.74) is 6.30. The van der Waals surface area contributed by atoms with Gasteiger partial charge in [-0.1, -0.05) is 13.8 Å². The van der Waals surface area contributed by atoms with Crippen molar-refractivity contribution < 1.29 is 15.3 Å². The molecule has 23 heavy (non-hydrogen) atoms. The minimum Gasteiger partial charge on any atom is -0.396 e. The van der Waals surface area contributed by atoms with E-state index in [1.807, 2.05) is 13.8 Å². The van der Waals surface area contributed by atoms with Gasteiger partial charge in [0.15, 0.2) is 11.5 Å². The fourth-order valence-corrected chi connectivity index (χ4v) is 3.82. The van der Waals surface area contributed by atoms with Crippen LogP contribution >= 0.6 is 0 Å². The highest BCUT2D eigenvalue weighted by Gasteiger charge is 2.71. The van der Waals surface area contributed by atoms with E-state index in [0.29, 0.717) is 29.2 Å². The Bertz CT molecular complexity index is 733. The first-order chi connectivity index (χ1) is 11.0. The van der Waals surface area contributed by atoms with E-state index in [-0.39, 0.29) is 18.6 Å². The number of aliphatic hydroxyl groups excluding tert-OH is 3. The lowest BCUT2D eigenvalue weighted by Gasteiger charge is -2.23. The van der Waals surface area contributed by atoms with Crippen LogP contribution in [0.15, 0.2) is 6.33 Å². The summed E-state index contributed by atoms with van der Waals surface area (Å²) in [6, 6.07) is -0.356. The van der Waals surface area contributed by atoms with Gasteiger partial charge in [-0.3, -0.25) is 0 Å². The number of nitrogen functional groups attached to an aromatic ring is 1. The summed E-state index contributed by atoms with van der Waals surface area (Å²) in [5, 5.41) is 30.1. The standard InChI is InChI=1S/C13H17N5O3.C2H6/c1-5-16-11(14)7-12(17-5)18(4-15-7)8-6-2-13(6,3-19)10(21)9(8)20;1-2/h4,6,8-10,19-21H,2-3H2,1H3,(H2,14,16,17);1-2H3. The second kappa shape index (κ2) is 5.40. The number of imidazole rings is 1. The molecule has 0 aromatic carbocycles.